The van der Waals surface area contributed by atoms with E-state index in [1.165, 1.54) is 16.0 Å². The average molecular weight is 431 g/mol. The van der Waals surface area contributed by atoms with E-state index in [0.717, 1.165) is 8.26 Å². The Morgan fingerprint density at radius 1 is 1.27 bits per heavy atom. The van der Waals surface area contributed by atoms with Crippen LogP contribution >= 0.6 is 70.5 Å². The van der Waals surface area contributed by atoms with Crippen molar-refractivity contribution in [3.8, 4) is 0 Å². The summed E-state index contributed by atoms with van der Waals surface area (Å²) in [6, 6.07) is 2.16. The van der Waals surface area contributed by atoms with E-state index in [1.54, 1.807) is 22.7 Å². The summed E-state index contributed by atoms with van der Waals surface area (Å²) < 4.78 is 2.27. The van der Waals surface area contributed by atoms with E-state index in [4.69, 9.17) is 0 Å². The first-order valence-electron chi connectivity index (χ1n) is 4.21. The van der Waals surface area contributed by atoms with Crippen molar-refractivity contribution in [2.45, 2.75) is 11.8 Å². The molecule has 0 bridgehead atoms. The third kappa shape index (κ3) is 2.57. The van der Waals surface area contributed by atoms with Gasteiger partial charge in [0.05, 0.1) is 8.61 Å². The van der Waals surface area contributed by atoms with Crippen LogP contribution in [-0.4, -0.2) is 0 Å². The summed E-state index contributed by atoms with van der Waals surface area (Å²) >= 11 is 14.3. The van der Waals surface area contributed by atoms with E-state index in [-0.39, 0.29) is 0 Å². The molecular formula is C10H7Br3S2. The minimum atomic E-state index is 0.302. The van der Waals surface area contributed by atoms with Gasteiger partial charge >= 0.3 is 0 Å². The van der Waals surface area contributed by atoms with E-state index in [0.29, 0.717) is 4.83 Å². The van der Waals surface area contributed by atoms with Crippen LogP contribution in [0.15, 0.2) is 25.1 Å². The van der Waals surface area contributed by atoms with Crippen molar-refractivity contribution in [1.82, 2.24) is 0 Å². The van der Waals surface area contributed by atoms with Crippen LogP contribution in [-0.2, 0) is 0 Å². The molecule has 0 nitrogen and oxygen atoms in total. The molecule has 0 aliphatic heterocycles. The number of halogens is 3. The van der Waals surface area contributed by atoms with Gasteiger partial charge in [-0.2, -0.15) is 11.3 Å². The molecule has 80 valence electrons. The maximum absolute atomic E-state index is 3.75. The highest BCUT2D eigenvalue weighted by Crippen LogP contribution is 2.42. The summed E-state index contributed by atoms with van der Waals surface area (Å²) in [5, 5.41) is 4.39. The molecule has 0 amide bonds. The van der Waals surface area contributed by atoms with Gasteiger partial charge in [-0.1, -0.05) is 15.9 Å². The van der Waals surface area contributed by atoms with E-state index < -0.39 is 0 Å². The molecule has 2 aromatic rings. The summed E-state index contributed by atoms with van der Waals surface area (Å²) in [4.78, 5) is 1.62. The fourth-order valence-electron chi connectivity index (χ4n) is 1.27. The van der Waals surface area contributed by atoms with Gasteiger partial charge in [-0.05, 0) is 66.7 Å². The van der Waals surface area contributed by atoms with Gasteiger partial charge in [-0.25, -0.2) is 0 Å². The fourth-order valence-corrected chi connectivity index (χ4v) is 5.32. The third-order valence-corrected chi connectivity index (χ3v) is 7.57. The SMILES string of the molecule is Cc1cscc1C(Br)c1cc(Br)c(Br)s1. The lowest BCUT2D eigenvalue weighted by molar-refractivity contribution is 1.20. The van der Waals surface area contributed by atoms with Gasteiger partial charge in [-0.3, -0.25) is 0 Å². The zero-order valence-corrected chi connectivity index (χ0v) is 14.2. The molecule has 1 unspecified atom stereocenters. The predicted molar refractivity (Wildman–Crippen MR) is 79.5 cm³/mol. The molecule has 5 heteroatoms. The van der Waals surface area contributed by atoms with Crippen molar-refractivity contribution < 1.29 is 0 Å². The van der Waals surface area contributed by atoms with Gasteiger partial charge in [0, 0.05) is 9.35 Å². The summed E-state index contributed by atoms with van der Waals surface area (Å²) in [6.07, 6.45) is 0. The second kappa shape index (κ2) is 5.00. The predicted octanol–water partition coefficient (Wildman–Crippen LogP) is 6.13. The first-order valence-corrected chi connectivity index (χ1v) is 8.47. The summed E-state index contributed by atoms with van der Waals surface area (Å²) in [7, 11) is 0. The van der Waals surface area contributed by atoms with Crippen LogP contribution in [0.25, 0.3) is 0 Å². The molecule has 0 radical (unpaired) electrons. The number of alkyl halides is 1. The molecule has 0 aliphatic rings. The van der Waals surface area contributed by atoms with Gasteiger partial charge < -0.3 is 0 Å². The summed E-state index contributed by atoms with van der Waals surface area (Å²) in [5.74, 6) is 0. The normalized spacial score (nSPS) is 13.1. The Morgan fingerprint density at radius 3 is 2.47 bits per heavy atom. The first kappa shape index (κ1) is 12.3. The number of hydrogen-bond donors (Lipinski definition) is 0. The zero-order chi connectivity index (χ0) is 11.0. The smallest absolute Gasteiger partial charge is 0.0843 e. The van der Waals surface area contributed by atoms with Crippen LogP contribution < -0.4 is 0 Å². The Balaban J connectivity index is 2.36. The van der Waals surface area contributed by atoms with Crippen LogP contribution in [0.2, 0.25) is 0 Å². The van der Waals surface area contributed by atoms with Gasteiger partial charge in [0.1, 0.15) is 0 Å². The minimum absolute atomic E-state index is 0.302. The Labute approximate surface area is 122 Å². The van der Waals surface area contributed by atoms with Crippen molar-refractivity contribution >= 4 is 70.5 Å². The molecule has 0 aromatic carbocycles. The Hall–Kier alpha value is 0.840. The molecule has 0 N–H and O–H groups in total. The monoisotopic (exact) mass is 428 g/mol. The average Bonchev–Trinajstić information content (AvgIpc) is 2.74. The van der Waals surface area contributed by atoms with Crippen LogP contribution in [0.3, 0.4) is 0 Å². The maximum Gasteiger partial charge on any atom is 0.0843 e. The highest BCUT2D eigenvalue weighted by molar-refractivity contribution is 9.13. The standard InChI is InChI=1S/C10H7Br3S2/c1-5-3-14-4-6(5)9(12)8-2-7(11)10(13)15-8/h2-4,9H,1H3. The molecule has 0 aliphatic carbocycles. The van der Waals surface area contributed by atoms with Crippen LogP contribution in [0, 0.1) is 6.92 Å². The second-order valence-corrected chi connectivity index (χ2v) is 8.06. The quantitative estimate of drug-likeness (QED) is 0.503. The molecule has 0 spiro atoms. The van der Waals surface area contributed by atoms with E-state index in [2.05, 4.69) is 71.5 Å². The van der Waals surface area contributed by atoms with Crippen LogP contribution in [0.1, 0.15) is 20.8 Å². The van der Waals surface area contributed by atoms with Gasteiger partial charge in [0.2, 0.25) is 0 Å². The van der Waals surface area contributed by atoms with Gasteiger partial charge in [0.25, 0.3) is 0 Å². The van der Waals surface area contributed by atoms with Crippen molar-refractivity contribution in [1.29, 1.82) is 0 Å². The van der Waals surface area contributed by atoms with Crippen molar-refractivity contribution in [2.24, 2.45) is 0 Å². The molecule has 15 heavy (non-hydrogen) atoms. The molecule has 0 saturated heterocycles. The molecule has 2 heterocycles. The lowest BCUT2D eigenvalue weighted by atomic mass is 10.1. The van der Waals surface area contributed by atoms with Crippen LogP contribution in [0.5, 0.6) is 0 Å². The third-order valence-electron chi connectivity index (χ3n) is 2.08. The topological polar surface area (TPSA) is 0 Å². The number of thiophene rings is 2. The van der Waals surface area contributed by atoms with Crippen LogP contribution in [0.4, 0.5) is 0 Å². The summed E-state index contributed by atoms with van der Waals surface area (Å²) in [6.45, 7) is 2.15. The zero-order valence-electron chi connectivity index (χ0n) is 7.76. The van der Waals surface area contributed by atoms with E-state index in [9.17, 15) is 0 Å². The maximum atomic E-state index is 3.75. The highest BCUT2D eigenvalue weighted by Gasteiger charge is 2.17. The van der Waals surface area contributed by atoms with Gasteiger partial charge in [-0.15, -0.1) is 11.3 Å². The van der Waals surface area contributed by atoms with Gasteiger partial charge in [0.15, 0.2) is 0 Å². The molecule has 1 atom stereocenters. The number of aryl methyl sites for hydroxylation is 1. The molecular weight excluding hydrogens is 424 g/mol. The summed E-state index contributed by atoms with van der Waals surface area (Å²) in [5.41, 5.74) is 2.71. The minimum Gasteiger partial charge on any atom is -0.152 e. The van der Waals surface area contributed by atoms with E-state index in [1.807, 2.05) is 0 Å². The lowest BCUT2D eigenvalue weighted by Gasteiger charge is -2.06. The molecule has 2 rings (SSSR count). The first-order chi connectivity index (χ1) is 7.09. The van der Waals surface area contributed by atoms with E-state index >= 15 is 0 Å². The molecule has 0 saturated carbocycles. The Bertz CT molecular complexity index is 453. The fraction of sp³-hybridized carbons (Fsp3) is 0.200. The van der Waals surface area contributed by atoms with Crippen molar-refractivity contribution in [3.05, 3.63) is 41.1 Å². The van der Waals surface area contributed by atoms with Crippen molar-refractivity contribution in [2.75, 3.05) is 0 Å². The lowest BCUT2D eigenvalue weighted by Crippen LogP contribution is -1.88. The largest absolute Gasteiger partial charge is 0.152 e. The highest BCUT2D eigenvalue weighted by atomic mass is 79.9. The number of rotatable bonds is 2. The molecule has 0 fully saturated rings. The Kier molecular flexibility index (Phi) is 4.10. The Morgan fingerprint density at radius 2 is 2.00 bits per heavy atom. The number of hydrogen-bond acceptors (Lipinski definition) is 2. The molecule has 2 aromatic heterocycles. The second-order valence-electron chi connectivity index (χ2n) is 3.14. The van der Waals surface area contributed by atoms with Crippen molar-refractivity contribution in [3.63, 3.8) is 0 Å².